The lowest BCUT2D eigenvalue weighted by Crippen LogP contribution is -2.06. The number of aromatic hydroxyl groups is 4. The van der Waals surface area contributed by atoms with E-state index in [1.165, 1.54) is 24.5 Å². The average Bonchev–Trinajstić information content (AvgIpc) is 2.98. The van der Waals surface area contributed by atoms with E-state index in [1.807, 2.05) is 62.4 Å². The molecule has 0 fully saturated rings. The third kappa shape index (κ3) is 5.85. The zero-order valence-corrected chi connectivity index (χ0v) is 23.4. The van der Waals surface area contributed by atoms with Crippen molar-refractivity contribution in [3.05, 3.63) is 129 Å². The Labute approximate surface area is 245 Å². The Balaban J connectivity index is 0.000000186. The predicted molar refractivity (Wildman–Crippen MR) is 166 cm³/mol. The summed E-state index contributed by atoms with van der Waals surface area (Å²) in [6, 6.07) is 21.9. The van der Waals surface area contributed by atoms with Gasteiger partial charge in [0.25, 0.3) is 0 Å². The lowest BCUT2D eigenvalue weighted by atomic mass is 10.0. The van der Waals surface area contributed by atoms with E-state index >= 15 is 0 Å². The highest BCUT2D eigenvalue weighted by atomic mass is 16.3. The molecule has 8 heteroatoms. The topological polar surface area (TPSA) is 141 Å². The number of rotatable bonds is 4. The number of benzene rings is 4. The third-order valence-corrected chi connectivity index (χ3v) is 6.87. The fraction of sp³-hybridized carbons (Fsp3) is 0.0857. The van der Waals surface area contributed by atoms with Gasteiger partial charge in [-0.25, -0.2) is 0 Å². The molecule has 216 valence electrons. The molecule has 0 radical (unpaired) electrons. The number of phenolic OH excluding ortho intramolecular Hbond substituents is 4. The molecule has 4 N–H and O–H groups in total. The Hall–Kier alpha value is -5.76. The molecule has 0 aliphatic heterocycles. The summed E-state index contributed by atoms with van der Waals surface area (Å²) in [5.74, 6) is -0.963. The van der Waals surface area contributed by atoms with Crippen molar-refractivity contribution in [2.75, 3.05) is 0 Å². The van der Waals surface area contributed by atoms with Crippen LogP contribution in [-0.2, 0) is 6.42 Å². The first-order chi connectivity index (χ1) is 20.7. The third-order valence-electron chi connectivity index (χ3n) is 6.87. The molecule has 0 bridgehead atoms. The highest BCUT2D eigenvalue weighted by molar-refractivity contribution is 5.90. The molecule has 0 amide bonds. The molecule has 8 nitrogen and oxygen atoms in total. The van der Waals surface area contributed by atoms with Crippen molar-refractivity contribution >= 4 is 21.9 Å². The van der Waals surface area contributed by atoms with E-state index in [0.717, 1.165) is 23.5 Å². The van der Waals surface area contributed by atoms with Gasteiger partial charge in [0.15, 0.2) is 5.43 Å². The van der Waals surface area contributed by atoms with Crippen LogP contribution in [0.3, 0.4) is 0 Å². The van der Waals surface area contributed by atoms with Crippen molar-refractivity contribution in [3.63, 3.8) is 0 Å². The van der Waals surface area contributed by atoms with Crippen LogP contribution in [0.25, 0.3) is 44.2 Å². The van der Waals surface area contributed by atoms with Gasteiger partial charge in [0, 0.05) is 23.3 Å². The van der Waals surface area contributed by atoms with Gasteiger partial charge in [-0.1, -0.05) is 54.1 Å². The summed E-state index contributed by atoms with van der Waals surface area (Å²) in [6.07, 6.45) is 4.74. The van der Waals surface area contributed by atoms with Crippen LogP contribution in [0.2, 0.25) is 0 Å². The Morgan fingerprint density at radius 3 is 2.09 bits per heavy atom. The molecule has 0 saturated carbocycles. The van der Waals surface area contributed by atoms with Crippen molar-refractivity contribution < 1.29 is 29.3 Å². The molecule has 0 spiro atoms. The molecule has 6 aromatic rings. The second kappa shape index (κ2) is 12.0. The van der Waals surface area contributed by atoms with Gasteiger partial charge < -0.3 is 29.3 Å². The first-order valence-electron chi connectivity index (χ1n) is 13.4. The molecule has 0 aliphatic rings. The van der Waals surface area contributed by atoms with Gasteiger partial charge >= 0.3 is 0 Å². The maximum atomic E-state index is 12.9. The van der Waals surface area contributed by atoms with Crippen LogP contribution < -0.4 is 10.9 Å². The first-order valence-corrected chi connectivity index (χ1v) is 13.4. The smallest absolute Gasteiger partial charge is 0.204 e. The normalized spacial score (nSPS) is 10.7. The Morgan fingerprint density at radius 2 is 1.37 bits per heavy atom. The Morgan fingerprint density at radius 1 is 0.698 bits per heavy atom. The Bertz CT molecular complexity index is 2100. The zero-order valence-electron chi connectivity index (χ0n) is 23.4. The first kappa shape index (κ1) is 28.8. The van der Waals surface area contributed by atoms with Crippen LogP contribution in [0.4, 0.5) is 0 Å². The van der Waals surface area contributed by atoms with E-state index in [2.05, 4.69) is 0 Å². The summed E-state index contributed by atoms with van der Waals surface area (Å²) >= 11 is 0. The number of para-hydroxylation sites is 1. The van der Waals surface area contributed by atoms with Crippen molar-refractivity contribution in [3.8, 4) is 45.3 Å². The lowest BCUT2D eigenvalue weighted by molar-refractivity contribution is 0.442. The van der Waals surface area contributed by atoms with Crippen molar-refractivity contribution in [1.82, 2.24) is 0 Å². The van der Waals surface area contributed by atoms with E-state index in [1.54, 1.807) is 12.1 Å². The highest BCUT2D eigenvalue weighted by Crippen LogP contribution is 2.37. The minimum Gasteiger partial charge on any atom is -0.508 e. The van der Waals surface area contributed by atoms with Gasteiger partial charge in [-0.3, -0.25) is 9.59 Å². The van der Waals surface area contributed by atoms with E-state index in [0.29, 0.717) is 16.5 Å². The number of phenols is 4. The minimum atomic E-state index is -0.553. The molecular weight excluding hydrogens is 548 g/mol. The maximum absolute atomic E-state index is 12.9. The second-order valence-corrected chi connectivity index (χ2v) is 10.1. The lowest BCUT2D eigenvalue weighted by Gasteiger charge is -2.10. The molecule has 43 heavy (non-hydrogen) atoms. The quantitative estimate of drug-likeness (QED) is 0.161. The molecule has 4 aromatic carbocycles. The van der Waals surface area contributed by atoms with Crippen LogP contribution in [0.1, 0.15) is 19.4 Å². The number of fused-ring (bicyclic) bond motifs is 2. The van der Waals surface area contributed by atoms with E-state index < -0.39 is 5.43 Å². The van der Waals surface area contributed by atoms with Crippen LogP contribution in [-0.4, -0.2) is 20.4 Å². The van der Waals surface area contributed by atoms with E-state index in [9.17, 15) is 30.0 Å². The van der Waals surface area contributed by atoms with E-state index in [4.69, 9.17) is 8.83 Å². The molecule has 2 heterocycles. The predicted octanol–water partition coefficient (Wildman–Crippen LogP) is 7.25. The highest BCUT2D eigenvalue weighted by Gasteiger charge is 2.20. The standard InChI is InChI=1S/C20H18O6.C15H10O2/c1-10(2)3-5-13-16(23)8-17-18(19(13)24)20(25)14(9-26-17)12-6-4-11(21)7-15(12)22;16-15-12-8-4-5-9-14(12)17-10-13(15)11-6-2-1-3-7-11/h3-4,6-9,21-24H,5H2,1-2H3;1-10H. The number of hydrogen-bond acceptors (Lipinski definition) is 8. The summed E-state index contributed by atoms with van der Waals surface area (Å²) in [5.41, 5.74) is 3.01. The fourth-order valence-corrected chi connectivity index (χ4v) is 4.63. The van der Waals surface area contributed by atoms with Crippen molar-refractivity contribution in [2.45, 2.75) is 20.3 Å². The van der Waals surface area contributed by atoms with Gasteiger partial charge in [0.1, 0.15) is 52.1 Å². The van der Waals surface area contributed by atoms with Gasteiger partial charge in [-0.15, -0.1) is 0 Å². The van der Waals surface area contributed by atoms with Gasteiger partial charge in [-0.05, 0) is 50.1 Å². The molecule has 0 aliphatic carbocycles. The fourth-order valence-electron chi connectivity index (χ4n) is 4.63. The van der Waals surface area contributed by atoms with Crippen LogP contribution >= 0.6 is 0 Å². The second-order valence-electron chi connectivity index (χ2n) is 10.1. The molecule has 0 saturated heterocycles. The Kier molecular flexibility index (Phi) is 8.03. The van der Waals surface area contributed by atoms with Crippen LogP contribution in [0.15, 0.2) is 121 Å². The summed E-state index contributed by atoms with van der Waals surface area (Å²) < 4.78 is 10.9. The minimum absolute atomic E-state index is 0.0121. The SMILES string of the molecule is CC(C)=CCc1c(O)cc2occ(-c3ccc(O)cc3O)c(=O)c2c1O.O=c1c(-c2ccccc2)coc2ccccc12. The average molecular weight is 577 g/mol. The molecular formula is C35H28O8. The molecule has 0 atom stereocenters. The summed E-state index contributed by atoms with van der Waals surface area (Å²) in [4.78, 5) is 25.2. The van der Waals surface area contributed by atoms with Gasteiger partial charge in [0.05, 0.1) is 16.5 Å². The zero-order chi connectivity index (χ0) is 30.7. The summed E-state index contributed by atoms with van der Waals surface area (Å²) in [7, 11) is 0. The molecule has 6 rings (SSSR count). The largest absolute Gasteiger partial charge is 0.508 e. The number of hydrogen-bond donors (Lipinski definition) is 4. The monoisotopic (exact) mass is 576 g/mol. The van der Waals surface area contributed by atoms with Crippen LogP contribution in [0.5, 0.6) is 23.0 Å². The molecule has 0 unspecified atom stereocenters. The van der Waals surface area contributed by atoms with Crippen LogP contribution in [0, 0.1) is 0 Å². The van der Waals surface area contributed by atoms with Gasteiger partial charge in [0.2, 0.25) is 5.43 Å². The maximum Gasteiger partial charge on any atom is 0.204 e. The summed E-state index contributed by atoms with van der Waals surface area (Å²) in [6.45, 7) is 3.77. The van der Waals surface area contributed by atoms with E-state index in [-0.39, 0.29) is 62.5 Å². The molecule has 2 aromatic heterocycles. The summed E-state index contributed by atoms with van der Waals surface area (Å²) in [5, 5.41) is 40.6. The number of allylic oxidation sites excluding steroid dienone is 2. The van der Waals surface area contributed by atoms with Crippen molar-refractivity contribution in [1.29, 1.82) is 0 Å². The van der Waals surface area contributed by atoms with Gasteiger partial charge in [-0.2, -0.15) is 0 Å². The van der Waals surface area contributed by atoms with Crippen molar-refractivity contribution in [2.24, 2.45) is 0 Å².